The van der Waals surface area contributed by atoms with Gasteiger partial charge in [0.2, 0.25) is 0 Å². The Bertz CT molecular complexity index is 459. The summed E-state index contributed by atoms with van der Waals surface area (Å²) in [6.07, 6.45) is 0.586. The Hall–Kier alpha value is -1.39. The molecule has 2 rings (SSSR count). The molecule has 1 aliphatic heterocycles. The number of nitrogens with zero attached hydrogens (tertiary/aromatic N) is 1. The number of likely N-dealkylation sites (tertiary alicyclic amines) is 1. The van der Waals surface area contributed by atoms with Gasteiger partial charge >= 0.3 is 0 Å². The highest BCUT2D eigenvalue weighted by atomic mass is 16.5. The number of rotatable bonds is 5. The normalized spacial score (nSPS) is 19.6. The van der Waals surface area contributed by atoms with E-state index < -0.39 is 0 Å². The number of hydrogen-bond acceptors (Lipinski definition) is 4. The molecule has 4 heteroatoms. The van der Waals surface area contributed by atoms with Crippen LogP contribution in [0.1, 0.15) is 36.2 Å². The highest BCUT2D eigenvalue weighted by Gasteiger charge is 2.21. The third kappa shape index (κ3) is 3.55. The second-order valence-corrected chi connectivity index (χ2v) is 4.99. The molecule has 104 valence electrons. The highest BCUT2D eigenvalue weighted by Crippen LogP contribution is 2.24. The lowest BCUT2D eigenvalue weighted by molar-refractivity contribution is 0.101. The summed E-state index contributed by atoms with van der Waals surface area (Å²) >= 11 is 0. The molecule has 0 aliphatic carbocycles. The third-order valence-electron chi connectivity index (χ3n) is 3.41. The molecule has 1 aromatic rings. The summed E-state index contributed by atoms with van der Waals surface area (Å²) in [6.45, 7) is 6.41. The first kappa shape index (κ1) is 14.0. The number of ketones is 1. The Morgan fingerprint density at radius 2 is 2.32 bits per heavy atom. The van der Waals surface area contributed by atoms with Crippen LogP contribution in [-0.2, 0) is 6.54 Å². The van der Waals surface area contributed by atoms with Gasteiger partial charge in [-0.2, -0.15) is 0 Å². The predicted octanol–water partition coefficient (Wildman–Crippen LogP) is 1.85. The molecule has 1 heterocycles. The lowest BCUT2D eigenvalue weighted by Gasteiger charge is -2.18. The molecule has 0 unspecified atom stereocenters. The number of β-amino-alcohol motifs (C(OH)–C–C–N with tert-alkyl or cyclic N) is 1. The Labute approximate surface area is 114 Å². The fraction of sp³-hybridized carbons (Fsp3) is 0.533. The Morgan fingerprint density at radius 3 is 2.89 bits per heavy atom. The van der Waals surface area contributed by atoms with Crippen molar-refractivity contribution in [3.63, 3.8) is 0 Å². The van der Waals surface area contributed by atoms with E-state index in [4.69, 9.17) is 4.74 Å². The molecular formula is C15H21NO3. The van der Waals surface area contributed by atoms with Gasteiger partial charge < -0.3 is 9.84 Å². The van der Waals surface area contributed by atoms with Gasteiger partial charge in [-0.05, 0) is 38.5 Å². The molecular weight excluding hydrogens is 242 g/mol. The van der Waals surface area contributed by atoms with E-state index in [0.29, 0.717) is 25.3 Å². The number of hydrogen-bond donors (Lipinski definition) is 1. The molecule has 1 aromatic carbocycles. The smallest absolute Gasteiger partial charge is 0.159 e. The molecule has 0 aromatic heterocycles. The van der Waals surface area contributed by atoms with Gasteiger partial charge in [0, 0.05) is 30.8 Å². The lowest BCUT2D eigenvalue weighted by atomic mass is 10.1. The number of aliphatic hydroxyl groups excluding tert-OH is 1. The van der Waals surface area contributed by atoms with E-state index in [9.17, 15) is 9.90 Å². The first-order valence-electron chi connectivity index (χ1n) is 6.77. The molecule has 1 saturated heterocycles. The minimum Gasteiger partial charge on any atom is -0.494 e. The molecule has 1 atom stereocenters. The monoisotopic (exact) mass is 263 g/mol. The fourth-order valence-corrected chi connectivity index (χ4v) is 2.42. The van der Waals surface area contributed by atoms with Gasteiger partial charge in [0.05, 0.1) is 12.7 Å². The summed E-state index contributed by atoms with van der Waals surface area (Å²) in [6, 6.07) is 5.57. The molecule has 1 aliphatic rings. The van der Waals surface area contributed by atoms with Gasteiger partial charge in [-0.15, -0.1) is 0 Å². The van der Waals surface area contributed by atoms with E-state index in [2.05, 4.69) is 4.90 Å². The molecule has 1 N–H and O–H groups in total. The summed E-state index contributed by atoms with van der Waals surface area (Å²) in [5.74, 6) is 0.889. The first-order valence-corrected chi connectivity index (χ1v) is 6.77. The maximum atomic E-state index is 11.5. The minimum absolute atomic E-state index is 0.0609. The van der Waals surface area contributed by atoms with Gasteiger partial charge in [-0.1, -0.05) is 0 Å². The Morgan fingerprint density at radius 1 is 1.53 bits per heavy atom. The maximum absolute atomic E-state index is 11.5. The molecule has 0 spiro atoms. The summed E-state index contributed by atoms with van der Waals surface area (Å²) in [5.41, 5.74) is 1.72. The SMILES string of the molecule is CCOc1ccc(C(C)=O)cc1CN1CC[C@@H](O)C1. The van der Waals surface area contributed by atoms with Gasteiger partial charge in [-0.25, -0.2) is 0 Å². The molecule has 0 saturated carbocycles. The van der Waals surface area contributed by atoms with Crippen molar-refractivity contribution in [3.8, 4) is 5.75 Å². The zero-order valence-corrected chi connectivity index (χ0v) is 11.6. The molecule has 1 fully saturated rings. The summed E-state index contributed by atoms with van der Waals surface area (Å²) < 4.78 is 5.61. The summed E-state index contributed by atoms with van der Waals surface area (Å²) in [5, 5.41) is 9.57. The van der Waals surface area contributed by atoms with E-state index in [0.717, 1.165) is 24.3 Å². The summed E-state index contributed by atoms with van der Waals surface area (Å²) in [7, 11) is 0. The average Bonchev–Trinajstić information content (AvgIpc) is 2.77. The van der Waals surface area contributed by atoms with Crippen molar-refractivity contribution in [1.29, 1.82) is 0 Å². The van der Waals surface area contributed by atoms with E-state index in [-0.39, 0.29) is 11.9 Å². The standard InChI is InChI=1S/C15H21NO3/c1-3-19-15-5-4-12(11(2)17)8-13(15)9-16-7-6-14(18)10-16/h4-5,8,14,18H,3,6-7,9-10H2,1-2H3/t14-/m1/s1. The van der Waals surface area contributed by atoms with Gasteiger partial charge in [-0.3, -0.25) is 9.69 Å². The van der Waals surface area contributed by atoms with Gasteiger partial charge in [0.1, 0.15) is 5.75 Å². The van der Waals surface area contributed by atoms with Crippen LogP contribution in [0, 0.1) is 0 Å². The number of benzene rings is 1. The highest BCUT2D eigenvalue weighted by molar-refractivity contribution is 5.94. The molecule has 0 radical (unpaired) electrons. The van der Waals surface area contributed by atoms with E-state index in [1.165, 1.54) is 0 Å². The molecule has 0 amide bonds. The number of carbonyl (C=O) groups is 1. The molecule has 4 nitrogen and oxygen atoms in total. The van der Waals surface area contributed by atoms with Crippen molar-refractivity contribution in [3.05, 3.63) is 29.3 Å². The van der Waals surface area contributed by atoms with Crippen molar-refractivity contribution in [1.82, 2.24) is 4.90 Å². The Balaban J connectivity index is 2.19. The lowest BCUT2D eigenvalue weighted by Crippen LogP contribution is -2.22. The quantitative estimate of drug-likeness (QED) is 0.824. The topological polar surface area (TPSA) is 49.8 Å². The second kappa shape index (κ2) is 6.17. The van der Waals surface area contributed by atoms with Crippen LogP contribution in [0.4, 0.5) is 0 Å². The van der Waals surface area contributed by atoms with Crippen molar-refractivity contribution in [2.45, 2.75) is 32.9 Å². The zero-order valence-electron chi connectivity index (χ0n) is 11.6. The van der Waals surface area contributed by atoms with E-state index >= 15 is 0 Å². The van der Waals surface area contributed by atoms with E-state index in [1.54, 1.807) is 13.0 Å². The van der Waals surface area contributed by atoms with E-state index in [1.807, 2.05) is 19.1 Å². The van der Waals surface area contributed by atoms with Crippen LogP contribution in [0.15, 0.2) is 18.2 Å². The van der Waals surface area contributed by atoms with Gasteiger partial charge in [0.15, 0.2) is 5.78 Å². The average molecular weight is 263 g/mol. The first-order chi connectivity index (χ1) is 9.10. The predicted molar refractivity (Wildman–Crippen MR) is 73.5 cm³/mol. The minimum atomic E-state index is -0.230. The van der Waals surface area contributed by atoms with Gasteiger partial charge in [0.25, 0.3) is 0 Å². The van der Waals surface area contributed by atoms with Crippen LogP contribution < -0.4 is 4.74 Å². The fourth-order valence-electron chi connectivity index (χ4n) is 2.42. The van der Waals surface area contributed by atoms with Crippen molar-refractivity contribution in [2.24, 2.45) is 0 Å². The van der Waals surface area contributed by atoms with Crippen LogP contribution in [0.3, 0.4) is 0 Å². The molecule has 19 heavy (non-hydrogen) atoms. The number of Topliss-reactive ketones (excluding diaryl/α,β-unsaturated/α-hetero) is 1. The molecule has 0 bridgehead atoms. The van der Waals surface area contributed by atoms with Crippen molar-refractivity contribution in [2.75, 3.05) is 19.7 Å². The van der Waals surface area contributed by atoms with Crippen LogP contribution >= 0.6 is 0 Å². The number of carbonyl (C=O) groups excluding carboxylic acids is 1. The summed E-state index contributed by atoms with van der Waals surface area (Å²) in [4.78, 5) is 13.6. The maximum Gasteiger partial charge on any atom is 0.159 e. The van der Waals surface area contributed by atoms with Crippen molar-refractivity contribution >= 4 is 5.78 Å². The third-order valence-corrected chi connectivity index (χ3v) is 3.41. The zero-order chi connectivity index (χ0) is 13.8. The van der Waals surface area contributed by atoms with Crippen LogP contribution in [0.2, 0.25) is 0 Å². The Kier molecular flexibility index (Phi) is 4.56. The van der Waals surface area contributed by atoms with Crippen molar-refractivity contribution < 1.29 is 14.6 Å². The number of aliphatic hydroxyl groups is 1. The second-order valence-electron chi connectivity index (χ2n) is 4.99. The van der Waals surface area contributed by atoms with Crippen LogP contribution in [0.25, 0.3) is 0 Å². The van der Waals surface area contributed by atoms with Crippen LogP contribution in [0.5, 0.6) is 5.75 Å². The largest absolute Gasteiger partial charge is 0.494 e. The van der Waals surface area contributed by atoms with Crippen LogP contribution in [-0.4, -0.2) is 41.6 Å². The number of ether oxygens (including phenoxy) is 1.